The number of hydrogen-bond acceptors (Lipinski definition) is 7. The highest BCUT2D eigenvalue weighted by atomic mass is 32.1. The summed E-state index contributed by atoms with van der Waals surface area (Å²) < 4.78 is 12.3. The average Bonchev–Trinajstić information content (AvgIpc) is 3.56. The molecule has 5 rings (SSSR count). The number of rotatable bonds is 8. The Kier molecular flexibility index (Phi) is 6.60. The molecule has 0 saturated carbocycles. The monoisotopic (exact) mass is 516 g/mol. The van der Waals surface area contributed by atoms with E-state index in [1.54, 1.807) is 19.1 Å². The van der Waals surface area contributed by atoms with Crippen LogP contribution in [0.3, 0.4) is 0 Å². The van der Waals surface area contributed by atoms with Crippen molar-refractivity contribution in [1.82, 2.24) is 4.98 Å². The van der Waals surface area contributed by atoms with Crippen molar-refractivity contribution in [3.05, 3.63) is 88.1 Å². The molecule has 0 spiro atoms. The van der Waals surface area contributed by atoms with Crippen LogP contribution in [0.15, 0.2) is 64.3 Å². The Morgan fingerprint density at radius 3 is 2.57 bits per heavy atom. The van der Waals surface area contributed by atoms with Crippen LogP contribution >= 0.6 is 11.3 Å². The number of ketones is 1. The van der Waals surface area contributed by atoms with E-state index in [0.717, 1.165) is 34.2 Å². The fourth-order valence-corrected chi connectivity index (χ4v) is 5.75. The van der Waals surface area contributed by atoms with Gasteiger partial charge in [-0.2, -0.15) is 0 Å². The highest BCUT2D eigenvalue weighted by molar-refractivity contribution is 7.22. The minimum atomic E-state index is -0.878. The second kappa shape index (κ2) is 9.86. The van der Waals surface area contributed by atoms with Crippen molar-refractivity contribution in [2.45, 2.75) is 46.6 Å². The van der Waals surface area contributed by atoms with E-state index in [0.29, 0.717) is 28.8 Å². The number of aromatic nitrogens is 1. The number of furan rings is 1. The van der Waals surface area contributed by atoms with Crippen LogP contribution in [0.4, 0.5) is 5.13 Å². The molecule has 0 saturated heterocycles. The van der Waals surface area contributed by atoms with Gasteiger partial charge in [0.1, 0.15) is 11.5 Å². The van der Waals surface area contributed by atoms with E-state index in [1.165, 1.54) is 16.2 Å². The van der Waals surface area contributed by atoms with Crippen LogP contribution in [0.2, 0.25) is 0 Å². The maximum absolute atomic E-state index is 13.6. The Labute approximate surface area is 219 Å². The lowest BCUT2D eigenvalue weighted by atomic mass is 9.95. The molecule has 0 fully saturated rings. The number of thiazole rings is 1. The van der Waals surface area contributed by atoms with Gasteiger partial charge in [-0.15, -0.1) is 0 Å². The van der Waals surface area contributed by atoms with Gasteiger partial charge in [-0.05, 0) is 74.2 Å². The number of unbranched alkanes of at least 4 members (excludes halogenated alkanes) is 1. The Bertz CT molecular complexity index is 1530. The molecule has 1 N–H and O–H groups in total. The standard InChI is InChI=1S/C29H28N2O5S/c1-5-6-13-35-20-10-8-19(9-11-20)25-23(26(32)21-12-7-18(4)36-21)27(33)28(34)31(25)29-30-24-17(3)14-16(2)15-22(24)37-29/h7-12,14-15,25,33H,5-6,13H2,1-4H3. The Balaban J connectivity index is 1.61. The quantitative estimate of drug-likeness (QED) is 0.205. The lowest BCUT2D eigenvalue weighted by Crippen LogP contribution is -2.30. The number of carbonyl (C=O) groups is 2. The van der Waals surface area contributed by atoms with Crippen molar-refractivity contribution >= 4 is 38.4 Å². The maximum atomic E-state index is 13.6. The number of fused-ring (bicyclic) bond motifs is 1. The number of amides is 1. The summed E-state index contributed by atoms with van der Waals surface area (Å²) in [5.41, 5.74) is 3.49. The van der Waals surface area contributed by atoms with Gasteiger partial charge in [0, 0.05) is 0 Å². The first kappa shape index (κ1) is 24.8. The van der Waals surface area contributed by atoms with Crippen molar-refractivity contribution in [3.8, 4) is 5.75 Å². The van der Waals surface area contributed by atoms with Crippen LogP contribution in [0.25, 0.3) is 10.2 Å². The smallest absolute Gasteiger partial charge is 0.296 e. The van der Waals surface area contributed by atoms with Crippen LogP contribution in [0.1, 0.15) is 58.8 Å². The van der Waals surface area contributed by atoms with Crippen molar-refractivity contribution in [2.75, 3.05) is 11.5 Å². The average molecular weight is 517 g/mol. The van der Waals surface area contributed by atoms with Gasteiger partial charge in [0.15, 0.2) is 16.7 Å². The van der Waals surface area contributed by atoms with Crippen molar-refractivity contribution < 1.29 is 23.8 Å². The number of aliphatic hydroxyl groups excluding tert-OH is 1. The molecule has 1 atom stereocenters. The third-order valence-corrected chi connectivity index (χ3v) is 7.41. The fourth-order valence-electron chi connectivity index (χ4n) is 4.58. The summed E-state index contributed by atoms with van der Waals surface area (Å²) in [6.07, 6.45) is 1.97. The first-order valence-corrected chi connectivity index (χ1v) is 13.1. The molecular weight excluding hydrogens is 488 g/mol. The summed E-state index contributed by atoms with van der Waals surface area (Å²) in [6.45, 7) is 8.42. The zero-order valence-corrected chi connectivity index (χ0v) is 22.0. The Morgan fingerprint density at radius 1 is 1.14 bits per heavy atom. The fraction of sp³-hybridized carbons (Fsp3) is 0.276. The first-order chi connectivity index (χ1) is 17.8. The second-order valence-electron chi connectivity index (χ2n) is 9.28. The minimum absolute atomic E-state index is 0.0360. The molecule has 8 heteroatoms. The molecule has 2 aromatic heterocycles. The van der Waals surface area contributed by atoms with Crippen LogP contribution in [0, 0.1) is 20.8 Å². The second-order valence-corrected chi connectivity index (χ2v) is 10.3. The molecule has 2 aromatic carbocycles. The zero-order valence-electron chi connectivity index (χ0n) is 21.2. The normalized spacial score (nSPS) is 15.7. The van der Waals surface area contributed by atoms with E-state index in [2.05, 4.69) is 6.92 Å². The number of aliphatic hydroxyl groups is 1. The SMILES string of the molecule is CCCCOc1ccc(C2C(C(=O)c3ccc(C)o3)=C(O)C(=O)N2c2nc3c(C)cc(C)cc3s2)cc1. The molecule has 1 aliphatic rings. The van der Waals surface area contributed by atoms with Gasteiger partial charge in [0.2, 0.25) is 5.78 Å². The molecule has 1 unspecified atom stereocenters. The molecule has 0 radical (unpaired) electrons. The van der Waals surface area contributed by atoms with Crippen molar-refractivity contribution in [3.63, 3.8) is 0 Å². The lowest BCUT2D eigenvalue weighted by Gasteiger charge is -2.24. The van der Waals surface area contributed by atoms with E-state index >= 15 is 0 Å². The molecule has 3 heterocycles. The van der Waals surface area contributed by atoms with Crippen LogP contribution < -0.4 is 9.64 Å². The molecule has 7 nitrogen and oxygen atoms in total. The van der Waals surface area contributed by atoms with Gasteiger partial charge in [0.25, 0.3) is 5.91 Å². The van der Waals surface area contributed by atoms with Gasteiger partial charge in [-0.25, -0.2) is 4.98 Å². The Hall–Kier alpha value is -3.91. The third kappa shape index (κ3) is 4.53. The van der Waals surface area contributed by atoms with Crippen LogP contribution in [-0.4, -0.2) is 28.4 Å². The van der Waals surface area contributed by atoms with Crippen LogP contribution in [0.5, 0.6) is 5.75 Å². The molecule has 37 heavy (non-hydrogen) atoms. The Morgan fingerprint density at radius 2 is 1.89 bits per heavy atom. The molecule has 0 bridgehead atoms. The van der Waals surface area contributed by atoms with E-state index in [-0.39, 0.29) is 11.3 Å². The van der Waals surface area contributed by atoms with E-state index < -0.39 is 23.5 Å². The number of hydrogen-bond donors (Lipinski definition) is 1. The third-order valence-electron chi connectivity index (χ3n) is 6.40. The molecule has 1 amide bonds. The predicted octanol–water partition coefficient (Wildman–Crippen LogP) is 6.78. The summed E-state index contributed by atoms with van der Waals surface area (Å²) in [5.74, 6) is -0.488. The van der Waals surface area contributed by atoms with Gasteiger partial charge in [-0.3, -0.25) is 14.5 Å². The largest absolute Gasteiger partial charge is 0.503 e. The minimum Gasteiger partial charge on any atom is -0.503 e. The molecule has 1 aliphatic heterocycles. The topological polar surface area (TPSA) is 92.9 Å². The highest BCUT2D eigenvalue weighted by Gasteiger charge is 2.46. The van der Waals surface area contributed by atoms with Crippen molar-refractivity contribution in [1.29, 1.82) is 0 Å². The number of carbonyl (C=O) groups excluding carboxylic acids is 2. The van der Waals surface area contributed by atoms with Gasteiger partial charge < -0.3 is 14.3 Å². The van der Waals surface area contributed by atoms with Crippen LogP contribution in [-0.2, 0) is 4.79 Å². The van der Waals surface area contributed by atoms with E-state index in [9.17, 15) is 14.7 Å². The zero-order chi connectivity index (χ0) is 26.3. The summed E-state index contributed by atoms with van der Waals surface area (Å²) >= 11 is 1.35. The van der Waals surface area contributed by atoms with Gasteiger partial charge in [0.05, 0.1) is 28.4 Å². The van der Waals surface area contributed by atoms with Gasteiger partial charge >= 0.3 is 0 Å². The highest BCUT2D eigenvalue weighted by Crippen LogP contribution is 2.45. The number of benzene rings is 2. The van der Waals surface area contributed by atoms with E-state index in [4.69, 9.17) is 14.1 Å². The molecule has 0 aliphatic carbocycles. The predicted molar refractivity (Wildman–Crippen MR) is 144 cm³/mol. The maximum Gasteiger partial charge on any atom is 0.296 e. The summed E-state index contributed by atoms with van der Waals surface area (Å²) in [5, 5.41) is 11.4. The number of anilines is 1. The summed E-state index contributed by atoms with van der Waals surface area (Å²) in [7, 11) is 0. The first-order valence-electron chi connectivity index (χ1n) is 12.3. The number of ether oxygens (including phenoxy) is 1. The number of aryl methyl sites for hydroxylation is 3. The number of nitrogens with zero attached hydrogens (tertiary/aromatic N) is 2. The van der Waals surface area contributed by atoms with E-state index in [1.807, 2.05) is 50.2 Å². The summed E-state index contributed by atoms with van der Waals surface area (Å²) in [4.78, 5) is 33.2. The van der Waals surface area contributed by atoms with Crippen molar-refractivity contribution in [2.24, 2.45) is 0 Å². The van der Waals surface area contributed by atoms with Gasteiger partial charge in [-0.1, -0.05) is 42.9 Å². The lowest BCUT2D eigenvalue weighted by molar-refractivity contribution is -0.117. The summed E-state index contributed by atoms with van der Waals surface area (Å²) in [6, 6.07) is 13.7. The molecule has 190 valence electrons. The molecular formula is C29H28N2O5S. The molecule has 4 aromatic rings. The number of Topliss-reactive ketones (excluding diaryl/α,β-unsaturated/α-hetero) is 1.